The maximum absolute atomic E-state index is 13.4. The minimum atomic E-state index is -4.02. The average molecular weight is 476 g/mol. The number of carbonyl (C=O) groups excluding carboxylic acids is 1. The molecule has 0 radical (unpaired) electrons. The van der Waals surface area contributed by atoms with Crippen LogP contribution in [-0.2, 0) is 16.6 Å². The largest absolute Gasteiger partial charge is 0.497 e. The van der Waals surface area contributed by atoms with E-state index in [1.54, 1.807) is 37.3 Å². The van der Waals surface area contributed by atoms with Crippen LogP contribution in [0.2, 0.25) is 5.02 Å². The molecule has 0 unspecified atom stereocenters. The van der Waals surface area contributed by atoms with Crippen molar-refractivity contribution in [3.63, 3.8) is 0 Å². The van der Waals surface area contributed by atoms with Gasteiger partial charge in [0.2, 0.25) is 0 Å². The molecular weight excluding hydrogens is 454 g/mol. The number of hydrogen-bond acceptors (Lipinski definition) is 6. The second kappa shape index (κ2) is 9.88. The summed E-state index contributed by atoms with van der Waals surface area (Å²) in [6.07, 6.45) is 1.48. The summed E-state index contributed by atoms with van der Waals surface area (Å²) >= 11 is 6.18. The summed E-state index contributed by atoms with van der Waals surface area (Å²) in [6.45, 7) is 5.53. The minimum absolute atomic E-state index is 0.0252. The summed E-state index contributed by atoms with van der Waals surface area (Å²) in [5.41, 5.74) is 1.13. The van der Waals surface area contributed by atoms with Crippen molar-refractivity contribution >= 4 is 33.2 Å². The molecule has 0 saturated heterocycles. The molecule has 8 nitrogen and oxygen atoms in total. The first-order chi connectivity index (χ1) is 15.3. The lowest BCUT2D eigenvalue weighted by molar-refractivity contribution is 0.0947. The number of methoxy groups -OCH3 is 1. The molecule has 0 aliphatic rings. The third kappa shape index (κ3) is 5.12. The summed E-state index contributed by atoms with van der Waals surface area (Å²) < 4.78 is 38.2. The van der Waals surface area contributed by atoms with Crippen molar-refractivity contribution in [1.29, 1.82) is 0 Å². The van der Waals surface area contributed by atoms with Gasteiger partial charge in [-0.1, -0.05) is 22.8 Å². The maximum atomic E-state index is 13.4. The van der Waals surface area contributed by atoms with E-state index >= 15 is 0 Å². The number of carbonyl (C=O) groups is 1. The molecule has 3 aromatic rings. The van der Waals surface area contributed by atoms with Crippen LogP contribution in [0.3, 0.4) is 0 Å². The quantitative estimate of drug-likeness (QED) is 0.470. The summed E-state index contributed by atoms with van der Waals surface area (Å²) in [6, 6.07) is 12.2. The highest BCUT2D eigenvalue weighted by atomic mass is 35.5. The smallest absolute Gasteiger partial charge is 0.264 e. The van der Waals surface area contributed by atoms with Gasteiger partial charge in [-0.2, -0.15) is 0 Å². The number of aryl methyl sites for hydroxylation is 1. The van der Waals surface area contributed by atoms with Crippen LogP contribution in [-0.4, -0.2) is 33.1 Å². The monoisotopic (exact) mass is 475 g/mol. The zero-order valence-electron chi connectivity index (χ0n) is 17.5. The van der Waals surface area contributed by atoms with Gasteiger partial charge in [0, 0.05) is 6.07 Å². The number of hydrogen-bond donors (Lipinski definition) is 1. The van der Waals surface area contributed by atoms with Gasteiger partial charge < -0.3 is 14.6 Å². The number of nitrogens with zero attached hydrogens (tertiary/aromatic N) is 2. The molecule has 3 rings (SSSR count). The molecule has 2 aromatic carbocycles. The molecule has 1 heterocycles. The number of aromatic nitrogens is 1. The van der Waals surface area contributed by atoms with Crippen molar-refractivity contribution in [2.24, 2.45) is 0 Å². The van der Waals surface area contributed by atoms with Crippen LogP contribution in [0, 0.1) is 6.92 Å². The molecule has 0 spiro atoms. The number of ether oxygens (including phenoxy) is 1. The molecule has 0 atom stereocenters. The third-order valence-corrected chi connectivity index (χ3v) is 6.65. The Labute approximate surface area is 191 Å². The number of nitrogens with one attached hydrogen (secondary N) is 1. The van der Waals surface area contributed by atoms with Crippen LogP contribution < -0.4 is 14.4 Å². The predicted molar refractivity (Wildman–Crippen MR) is 122 cm³/mol. The van der Waals surface area contributed by atoms with Gasteiger partial charge in [0.1, 0.15) is 5.75 Å². The zero-order valence-corrected chi connectivity index (χ0v) is 19.1. The first kappa shape index (κ1) is 23.4. The molecule has 32 heavy (non-hydrogen) atoms. The summed E-state index contributed by atoms with van der Waals surface area (Å²) in [7, 11) is -2.49. The molecule has 0 bridgehead atoms. The molecule has 0 aliphatic heterocycles. The second-order valence-corrected chi connectivity index (χ2v) is 9.05. The number of halogens is 1. The van der Waals surface area contributed by atoms with Crippen LogP contribution >= 0.6 is 11.6 Å². The normalized spacial score (nSPS) is 11.1. The molecule has 1 amide bonds. The molecule has 0 aliphatic carbocycles. The molecular formula is C22H22ClN3O5S. The van der Waals surface area contributed by atoms with Crippen molar-refractivity contribution in [1.82, 2.24) is 10.5 Å². The van der Waals surface area contributed by atoms with Crippen molar-refractivity contribution < 1.29 is 22.5 Å². The Balaban J connectivity index is 1.90. The molecule has 1 aromatic heterocycles. The lowest BCUT2D eigenvalue weighted by Gasteiger charge is -2.23. The summed E-state index contributed by atoms with van der Waals surface area (Å²) in [5, 5.41) is 6.53. The maximum Gasteiger partial charge on any atom is 0.264 e. The number of amides is 1. The van der Waals surface area contributed by atoms with Gasteiger partial charge >= 0.3 is 0 Å². The van der Waals surface area contributed by atoms with Gasteiger partial charge in [-0.05, 0) is 49.4 Å². The number of sulfonamides is 1. The lowest BCUT2D eigenvalue weighted by atomic mass is 10.2. The first-order valence-electron chi connectivity index (χ1n) is 9.54. The Hall–Kier alpha value is -3.30. The SMILES string of the molecule is C=CCN(c1ccc(OC)cc1)S(=O)(=O)c1ccc(Cl)c(C(=O)NCc2cc(C)no2)c1. The van der Waals surface area contributed by atoms with Gasteiger partial charge in [-0.25, -0.2) is 8.42 Å². The summed E-state index contributed by atoms with van der Waals surface area (Å²) in [5.74, 6) is 0.519. The van der Waals surface area contributed by atoms with Crippen molar-refractivity contribution in [3.8, 4) is 5.75 Å². The average Bonchev–Trinajstić information content (AvgIpc) is 3.21. The summed E-state index contributed by atoms with van der Waals surface area (Å²) in [4.78, 5) is 12.6. The van der Waals surface area contributed by atoms with Crippen LogP contribution in [0.1, 0.15) is 21.8 Å². The van der Waals surface area contributed by atoms with E-state index < -0.39 is 15.9 Å². The third-order valence-electron chi connectivity index (χ3n) is 4.53. The highest BCUT2D eigenvalue weighted by Gasteiger charge is 2.26. The number of anilines is 1. The van der Waals surface area contributed by atoms with E-state index in [4.69, 9.17) is 20.9 Å². The van der Waals surface area contributed by atoms with Crippen LogP contribution in [0.4, 0.5) is 5.69 Å². The van der Waals surface area contributed by atoms with E-state index in [1.807, 2.05) is 0 Å². The zero-order chi connectivity index (χ0) is 23.3. The standard InChI is InChI=1S/C22H22ClN3O5S/c1-4-11-26(16-5-7-17(30-3)8-6-16)32(28,29)19-9-10-21(23)20(13-19)22(27)24-14-18-12-15(2)25-31-18/h4-10,12-13H,1,11,14H2,2-3H3,(H,24,27). The Kier molecular flexibility index (Phi) is 7.22. The lowest BCUT2D eigenvalue weighted by Crippen LogP contribution is -2.31. The van der Waals surface area contributed by atoms with E-state index in [-0.39, 0.29) is 28.6 Å². The van der Waals surface area contributed by atoms with E-state index in [0.29, 0.717) is 22.9 Å². The minimum Gasteiger partial charge on any atom is -0.497 e. The Bertz CT molecular complexity index is 1220. The van der Waals surface area contributed by atoms with Gasteiger partial charge in [0.15, 0.2) is 5.76 Å². The highest BCUT2D eigenvalue weighted by molar-refractivity contribution is 7.92. The Morgan fingerprint density at radius 2 is 1.97 bits per heavy atom. The topological polar surface area (TPSA) is 102 Å². The van der Waals surface area contributed by atoms with Crippen molar-refractivity contribution in [2.45, 2.75) is 18.4 Å². The van der Waals surface area contributed by atoms with Crippen LogP contribution in [0.5, 0.6) is 5.75 Å². The van der Waals surface area contributed by atoms with Gasteiger partial charge in [-0.3, -0.25) is 9.10 Å². The fourth-order valence-electron chi connectivity index (χ4n) is 2.94. The van der Waals surface area contributed by atoms with Crippen molar-refractivity contribution in [2.75, 3.05) is 18.0 Å². The van der Waals surface area contributed by atoms with Crippen LogP contribution in [0.25, 0.3) is 0 Å². The van der Waals surface area contributed by atoms with E-state index in [2.05, 4.69) is 17.1 Å². The van der Waals surface area contributed by atoms with Gasteiger partial charge in [0.25, 0.3) is 15.9 Å². The van der Waals surface area contributed by atoms with Gasteiger partial charge in [0.05, 0.1) is 47.1 Å². The Morgan fingerprint density at radius 3 is 2.56 bits per heavy atom. The Morgan fingerprint density at radius 1 is 1.25 bits per heavy atom. The van der Waals surface area contributed by atoms with Crippen molar-refractivity contribution in [3.05, 3.63) is 83.2 Å². The fourth-order valence-corrected chi connectivity index (χ4v) is 4.60. The molecule has 0 saturated carbocycles. The molecule has 10 heteroatoms. The van der Waals surface area contributed by atoms with Gasteiger partial charge in [-0.15, -0.1) is 6.58 Å². The molecule has 168 valence electrons. The number of rotatable bonds is 9. The molecule has 0 fully saturated rings. The first-order valence-corrected chi connectivity index (χ1v) is 11.4. The van der Waals surface area contributed by atoms with Crippen LogP contribution in [0.15, 0.2) is 70.6 Å². The van der Waals surface area contributed by atoms with E-state index in [1.165, 1.54) is 35.7 Å². The molecule has 1 N–H and O–H groups in total. The second-order valence-electron chi connectivity index (χ2n) is 6.78. The highest BCUT2D eigenvalue weighted by Crippen LogP contribution is 2.28. The van der Waals surface area contributed by atoms with E-state index in [9.17, 15) is 13.2 Å². The fraction of sp³-hybridized carbons (Fsp3) is 0.182. The number of benzene rings is 2. The van der Waals surface area contributed by atoms with E-state index in [0.717, 1.165) is 0 Å². The predicted octanol–water partition coefficient (Wildman–Crippen LogP) is 3.96.